The van der Waals surface area contributed by atoms with Crippen LogP contribution >= 0.6 is 0 Å². The van der Waals surface area contributed by atoms with Gasteiger partial charge in [-0.15, -0.1) is 0 Å². The van der Waals surface area contributed by atoms with Crippen molar-refractivity contribution in [2.75, 3.05) is 11.9 Å². The molecule has 0 fully saturated rings. The molecule has 23 heavy (non-hydrogen) atoms. The van der Waals surface area contributed by atoms with Crippen molar-refractivity contribution in [1.29, 1.82) is 5.26 Å². The van der Waals surface area contributed by atoms with Crippen LogP contribution in [0.15, 0.2) is 18.2 Å². The van der Waals surface area contributed by atoms with Crippen molar-refractivity contribution in [2.45, 2.75) is 59.2 Å². The zero-order valence-corrected chi connectivity index (χ0v) is 14.6. The molecule has 1 aromatic carbocycles. The van der Waals surface area contributed by atoms with Gasteiger partial charge in [0.25, 0.3) is 5.91 Å². The molecule has 1 rings (SSSR count). The van der Waals surface area contributed by atoms with E-state index in [4.69, 9.17) is 9.47 Å². The molecule has 1 N–H and O–H groups in total. The fraction of sp³-hybridized carbons (Fsp3) is 0.556. The van der Waals surface area contributed by atoms with Gasteiger partial charge < -0.3 is 14.8 Å². The predicted molar refractivity (Wildman–Crippen MR) is 90.5 cm³/mol. The molecular weight excluding hydrogens is 292 g/mol. The van der Waals surface area contributed by atoms with E-state index in [-0.39, 0.29) is 12.0 Å². The van der Waals surface area contributed by atoms with Gasteiger partial charge >= 0.3 is 0 Å². The van der Waals surface area contributed by atoms with E-state index >= 15 is 0 Å². The second kappa shape index (κ2) is 8.54. The summed E-state index contributed by atoms with van der Waals surface area (Å²) in [6.45, 7) is 9.91. The summed E-state index contributed by atoms with van der Waals surface area (Å²) in [5.41, 5.74) is -0.123. The van der Waals surface area contributed by atoms with Crippen molar-refractivity contribution in [3.05, 3.63) is 23.8 Å². The van der Waals surface area contributed by atoms with Crippen molar-refractivity contribution >= 4 is 11.6 Å². The Morgan fingerprint density at radius 2 is 2.09 bits per heavy atom. The van der Waals surface area contributed by atoms with E-state index in [1.54, 1.807) is 32.0 Å². The van der Waals surface area contributed by atoms with Crippen LogP contribution in [0.2, 0.25) is 0 Å². The summed E-state index contributed by atoms with van der Waals surface area (Å²) in [6.07, 6.45) is 1.79. The van der Waals surface area contributed by atoms with Crippen molar-refractivity contribution in [3.63, 3.8) is 0 Å². The average Bonchev–Trinajstić information content (AvgIpc) is 2.53. The molecule has 0 heterocycles. The van der Waals surface area contributed by atoms with Crippen LogP contribution in [-0.2, 0) is 9.53 Å². The van der Waals surface area contributed by atoms with Crippen molar-refractivity contribution < 1.29 is 14.3 Å². The van der Waals surface area contributed by atoms with Gasteiger partial charge in [0.05, 0.1) is 17.4 Å². The third-order valence-electron chi connectivity index (χ3n) is 3.49. The highest BCUT2D eigenvalue weighted by molar-refractivity contribution is 5.97. The second-order valence-corrected chi connectivity index (χ2v) is 5.97. The van der Waals surface area contributed by atoms with Gasteiger partial charge in [-0.2, -0.15) is 5.26 Å². The van der Waals surface area contributed by atoms with E-state index in [1.165, 1.54) is 0 Å². The lowest BCUT2D eigenvalue weighted by Crippen LogP contribution is -2.40. The van der Waals surface area contributed by atoms with E-state index < -0.39 is 5.60 Å². The first-order valence-corrected chi connectivity index (χ1v) is 8.00. The lowest BCUT2D eigenvalue weighted by atomic mass is 10.1. The first-order valence-electron chi connectivity index (χ1n) is 8.00. The smallest absolute Gasteiger partial charge is 0.256 e. The highest BCUT2D eigenvalue weighted by Crippen LogP contribution is 2.24. The highest BCUT2D eigenvalue weighted by Gasteiger charge is 2.28. The summed E-state index contributed by atoms with van der Waals surface area (Å²) in [7, 11) is 0. The van der Waals surface area contributed by atoms with Gasteiger partial charge in [-0.1, -0.05) is 13.8 Å². The number of hydrogen-bond donors (Lipinski definition) is 1. The number of nitriles is 1. The first kappa shape index (κ1) is 19.0. The molecule has 0 saturated heterocycles. The van der Waals surface area contributed by atoms with Crippen LogP contribution in [0, 0.1) is 11.3 Å². The van der Waals surface area contributed by atoms with Crippen LogP contribution in [0.1, 0.15) is 53.0 Å². The maximum absolute atomic E-state index is 12.3. The largest absolute Gasteiger partial charge is 0.491 e. The molecule has 5 nitrogen and oxygen atoms in total. The van der Waals surface area contributed by atoms with Crippen LogP contribution in [-0.4, -0.2) is 24.2 Å². The molecule has 1 unspecified atom stereocenters. The third-order valence-corrected chi connectivity index (χ3v) is 3.49. The molecule has 126 valence electrons. The number of hydrogen-bond acceptors (Lipinski definition) is 4. The molecule has 0 aliphatic rings. The van der Waals surface area contributed by atoms with E-state index in [0.29, 0.717) is 23.6 Å². The van der Waals surface area contributed by atoms with Crippen LogP contribution < -0.4 is 10.1 Å². The standard InChI is InChI=1S/C18H26N2O3/c1-6-10-22-18(4,5)17(21)20-16-9-8-15(11-14(16)12-19)23-13(3)7-2/h8-9,11,13H,6-7,10H2,1-5H3,(H,20,21). The number of nitrogens with zero attached hydrogens (tertiary/aromatic N) is 1. The summed E-state index contributed by atoms with van der Waals surface area (Å²) < 4.78 is 11.3. The molecule has 0 bridgehead atoms. The van der Waals surface area contributed by atoms with E-state index in [9.17, 15) is 10.1 Å². The minimum Gasteiger partial charge on any atom is -0.491 e. The third kappa shape index (κ3) is 5.57. The molecule has 1 atom stereocenters. The number of ether oxygens (including phenoxy) is 2. The van der Waals surface area contributed by atoms with Gasteiger partial charge in [0.15, 0.2) is 0 Å². The number of carbonyl (C=O) groups excluding carboxylic acids is 1. The SMILES string of the molecule is CCCOC(C)(C)C(=O)Nc1ccc(OC(C)CC)cc1C#N. The van der Waals surface area contributed by atoms with Crippen molar-refractivity contribution in [2.24, 2.45) is 0 Å². The van der Waals surface area contributed by atoms with Gasteiger partial charge in [-0.3, -0.25) is 4.79 Å². The van der Waals surface area contributed by atoms with Crippen LogP contribution in [0.5, 0.6) is 5.75 Å². The summed E-state index contributed by atoms with van der Waals surface area (Å²) in [4.78, 5) is 12.3. The number of benzene rings is 1. The Bertz CT molecular complexity index is 576. The lowest BCUT2D eigenvalue weighted by Gasteiger charge is -2.24. The summed E-state index contributed by atoms with van der Waals surface area (Å²) in [5, 5.41) is 12.1. The van der Waals surface area contributed by atoms with E-state index in [0.717, 1.165) is 12.8 Å². The Morgan fingerprint density at radius 1 is 1.39 bits per heavy atom. The maximum atomic E-state index is 12.3. The summed E-state index contributed by atoms with van der Waals surface area (Å²) in [6, 6.07) is 7.17. The van der Waals surface area contributed by atoms with Gasteiger partial charge in [0.1, 0.15) is 17.4 Å². The molecule has 1 aromatic rings. The predicted octanol–water partition coefficient (Wildman–Crippen LogP) is 3.88. The minimum absolute atomic E-state index is 0.0726. The fourth-order valence-corrected chi connectivity index (χ4v) is 1.81. The molecule has 0 aliphatic carbocycles. The maximum Gasteiger partial charge on any atom is 0.256 e. The molecule has 0 aromatic heterocycles. The summed E-state index contributed by atoms with van der Waals surface area (Å²) >= 11 is 0. The molecule has 1 amide bonds. The number of anilines is 1. The van der Waals surface area contributed by atoms with Gasteiger partial charge in [0, 0.05) is 12.7 Å². The monoisotopic (exact) mass is 318 g/mol. The highest BCUT2D eigenvalue weighted by atomic mass is 16.5. The van der Waals surface area contributed by atoms with Gasteiger partial charge in [-0.05, 0) is 45.7 Å². The Morgan fingerprint density at radius 3 is 2.65 bits per heavy atom. The van der Waals surface area contributed by atoms with Crippen molar-refractivity contribution in [3.8, 4) is 11.8 Å². The van der Waals surface area contributed by atoms with E-state index in [2.05, 4.69) is 11.4 Å². The molecule has 0 radical (unpaired) electrons. The number of carbonyl (C=O) groups is 1. The average molecular weight is 318 g/mol. The van der Waals surface area contributed by atoms with Crippen LogP contribution in [0.25, 0.3) is 0 Å². The molecule has 0 aliphatic heterocycles. The van der Waals surface area contributed by atoms with E-state index in [1.807, 2.05) is 20.8 Å². The molecule has 0 spiro atoms. The van der Waals surface area contributed by atoms with Crippen LogP contribution in [0.3, 0.4) is 0 Å². The summed E-state index contributed by atoms with van der Waals surface area (Å²) in [5.74, 6) is 0.341. The Hall–Kier alpha value is -2.06. The number of nitrogens with one attached hydrogen (secondary N) is 1. The lowest BCUT2D eigenvalue weighted by molar-refractivity contribution is -0.137. The number of amides is 1. The quantitative estimate of drug-likeness (QED) is 0.789. The van der Waals surface area contributed by atoms with Gasteiger partial charge in [0.2, 0.25) is 0 Å². The topological polar surface area (TPSA) is 71.3 Å². The Balaban J connectivity index is 2.88. The van der Waals surface area contributed by atoms with Crippen molar-refractivity contribution in [1.82, 2.24) is 0 Å². The van der Waals surface area contributed by atoms with Crippen LogP contribution in [0.4, 0.5) is 5.69 Å². The molecule has 5 heteroatoms. The Kier molecular flexibility index (Phi) is 7.05. The minimum atomic E-state index is -0.950. The number of rotatable bonds is 8. The molecular formula is C18H26N2O3. The first-order chi connectivity index (χ1) is 10.8. The normalized spacial score (nSPS) is 12.3. The zero-order chi connectivity index (χ0) is 17.5. The molecule has 0 saturated carbocycles. The fourth-order valence-electron chi connectivity index (χ4n) is 1.81. The second-order valence-electron chi connectivity index (χ2n) is 5.97. The zero-order valence-electron chi connectivity index (χ0n) is 14.6. The van der Waals surface area contributed by atoms with Gasteiger partial charge in [-0.25, -0.2) is 0 Å². The Labute approximate surface area is 138 Å².